The van der Waals surface area contributed by atoms with Crippen molar-refractivity contribution in [3.05, 3.63) is 26.5 Å². The van der Waals surface area contributed by atoms with Crippen molar-refractivity contribution in [3.8, 4) is 0 Å². The van der Waals surface area contributed by atoms with E-state index >= 15 is 0 Å². The monoisotopic (exact) mass is 145 g/mol. The van der Waals surface area contributed by atoms with Crippen LogP contribution in [-0.2, 0) is 6.67 Å². The predicted octanol–water partition coefficient (Wildman–Crippen LogP) is -1.07. The molecule has 6 heteroatoms. The molecule has 0 unspecified atom stereocenters. The van der Waals surface area contributed by atoms with E-state index in [1.807, 2.05) is 10.1 Å². The molecule has 10 heavy (non-hydrogen) atoms. The quantitative estimate of drug-likeness (QED) is 0.528. The van der Waals surface area contributed by atoms with Crippen LogP contribution in [0.4, 0.5) is 4.39 Å². The summed E-state index contributed by atoms with van der Waals surface area (Å²) < 4.78 is 11.7. The molecule has 0 radical (unpaired) electrons. The van der Waals surface area contributed by atoms with Gasteiger partial charge in [-0.1, -0.05) is 0 Å². The Balaban J connectivity index is 3.34. The number of halogens is 1. The Hall–Kier alpha value is -1.46. The molecule has 5 nitrogen and oxygen atoms in total. The van der Waals surface area contributed by atoms with Crippen LogP contribution in [0.1, 0.15) is 5.69 Å². The van der Waals surface area contributed by atoms with Crippen molar-refractivity contribution < 1.29 is 4.39 Å². The number of nitrogens with zero attached hydrogens (tertiary/aromatic N) is 1. The second-order valence-electron chi connectivity index (χ2n) is 1.59. The van der Waals surface area contributed by atoms with Gasteiger partial charge in [-0.05, 0) is 0 Å². The molecule has 1 aromatic rings. The van der Waals surface area contributed by atoms with Gasteiger partial charge in [-0.25, -0.2) is 14.3 Å². The first-order valence-electron chi connectivity index (χ1n) is 2.48. The fourth-order valence-electron chi connectivity index (χ4n) is 0.463. The van der Waals surface area contributed by atoms with Crippen LogP contribution in [0.2, 0.25) is 0 Å². The minimum atomic E-state index is -0.980. The lowest BCUT2D eigenvalue weighted by Gasteiger charge is -1.86. The number of H-pyrrole nitrogens is 2. The molecule has 0 aliphatic carbocycles. The molecule has 1 rings (SSSR count). The normalized spacial score (nSPS) is 9.70. The molecule has 0 saturated carbocycles. The summed E-state index contributed by atoms with van der Waals surface area (Å²) in [6.45, 7) is -0.980. The summed E-state index contributed by atoms with van der Waals surface area (Å²) in [4.78, 5) is 22.6. The average Bonchev–Trinajstić information content (AvgIpc) is 1.88. The number of nitrogens with one attached hydrogen (secondary N) is 2. The highest BCUT2D eigenvalue weighted by molar-refractivity contribution is 4.88. The van der Waals surface area contributed by atoms with E-state index in [4.69, 9.17) is 0 Å². The Morgan fingerprint density at radius 3 is 2.70 bits per heavy atom. The Morgan fingerprint density at radius 1 is 1.50 bits per heavy atom. The van der Waals surface area contributed by atoms with Crippen LogP contribution < -0.4 is 11.2 Å². The molecule has 1 heterocycles. The lowest BCUT2D eigenvalue weighted by Crippen LogP contribution is -2.26. The maximum Gasteiger partial charge on any atom is 0.342 e. The van der Waals surface area contributed by atoms with E-state index in [2.05, 4.69) is 5.10 Å². The summed E-state index contributed by atoms with van der Waals surface area (Å²) >= 11 is 0. The third kappa shape index (κ3) is 1.09. The second-order valence-corrected chi connectivity index (χ2v) is 1.59. The number of aromatic nitrogens is 3. The smallest absolute Gasteiger partial charge is 0.271 e. The Kier molecular flexibility index (Phi) is 1.61. The largest absolute Gasteiger partial charge is 0.342 e. The van der Waals surface area contributed by atoms with Crippen LogP contribution in [-0.4, -0.2) is 15.2 Å². The standard InChI is InChI=1S/C4H4FN3O2/c5-1-2-3(9)6-4(10)8-7-2/h1H2,(H2,6,8,9,10). The van der Waals surface area contributed by atoms with Gasteiger partial charge in [0.2, 0.25) is 0 Å². The molecule has 0 amide bonds. The van der Waals surface area contributed by atoms with E-state index in [1.54, 1.807) is 0 Å². The van der Waals surface area contributed by atoms with Crippen LogP contribution in [0.3, 0.4) is 0 Å². The van der Waals surface area contributed by atoms with E-state index in [9.17, 15) is 14.0 Å². The van der Waals surface area contributed by atoms with Crippen molar-refractivity contribution in [2.75, 3.05) is 0 Å². The van der Waals surface area contributed by atoms with Crippen LogP contribution >= 0.6 is 0 Å². The van der Waals surface area contributed by atoms with Gasteiger partial charge >= 0.3 is 5.69 Å². The highest BCUT2D eigenvalue weighted by Gasteiger charge is 1.98. The van der Waals surface area contributed by atoms with Crippen molar-refractivity contribution in [1.82, 2.24) is 15.2 Å². The zero-order valence-corrected chi connectivity index (χ0v) is 4.85. The van der Waals surface area contributed by atoms with Crippen molar-refractivity contribution in [1.29, 1.82) is 0 Å². The summed E-state index contributed by atoms with van der Waals surface area (Å²) in [5, 5.41) is 5.03. The number of hydrogen-bond acceptors (Lipinski definition) is 3. The molecular weight excluding hydrogens is 141 g/mol. The number of alkyl halides is 1. The number of hydrogen-bond donors (Lipinski definition) is 2. The first-order valence-corrected chi connectivity index (χ1v) is 2.48. The van der Waals surface area contributed by atoms with Gasteiger partial charge in [0.25, 0.3) is 5.56 Å². The van der Waals surface area contributed by atoms with Gasteiger partial charge in [0.15, 0.2) is 5.69 Å². The van der Waals surface area contributed by atoms with E-state index < -0.39 is 17.9 Å². The molecule has 0 spiro atoms. The first kappa shape index (κ1) is 6.66. The number of aromatic amines is 2. The maximum absolute atomic E-state index is 11.7. The zero-order chi connectivity index (χ0) is 7.56. The van der Waals surface area contributed by atoms with E-state index in [-0.39, 0.29) is 5.69 Å². The molecule has 2 N–H and O–H groups in total. The zero-order valence-electron chi connectivity index (χ0n) is 4.85. The van der Waals surface area contributed by atoms with Crippen LogP contribution in [0.25, 0.3) is 0 Å². The topological polar surface area (TPSA) is 78.6 Å². The highest BCUT2D eigenvalue weighted by Crippen LogP contribution is 1.79. The summed E-state index contributed by atoms with van der Waals surface area (Å²) in [7, 11) is 0. The Bertz CT molecular complexity index is 328. The summed E-state index contributed by atoms with van der Waals surface area (Å²) in [5.74, 6) is 0. The van der Waals surface area contributed by atoms with Gasteiger partial charge < -0.3 is 0 Å². The van der Waals surface area contributed by atoms with Crippen molar-refractivity contribution in [3.63, 3.8) is 0 Å². The van der Waals surface area contributed by atoms with Gasteiger partial charge in [0.1, 0.15) is 6.67 Å². The molecule has 0 saturated heterocycles. The van der Waals surface area contributed by atoms with Gasteiger partial charge in [-0.15, -0.1) is 0 Å². The molecule has 0 fully saturated rings. The van der Waals surface area contributed by atoms with Crippen molar-refractivity contribution in [2.45, 2.75) is 6.67 Å². The van der Waals surface area contributed by atoms with E-state index in [1.165, 1.54) is 0 Å². The van der Waals surface area contributed by atoms with E-state index in [0.717, 1.165) is 0 Å². The minimum Gasteiger partial charge on any atom is -0.271 e. The SMILES string of the molecule is O=c1[nH]nc(CF)c(=O)[nH]1. The van der Waals surface area contributed by atoms with Gasteiger partial charge in [0.05, 0.1) is 0 Å². The van der Waals surface area contributed by atoms with E-state index in [0.29, 0.717) is 0 Å². The third-order valence-electron chi connectivity index (χ3n) is 0.908. The van der Waals surface area contributed by atoms with Crippen LogP contribution in [0.15, 0.2) is 9.59 Å². The van der Waals surface area contributed by atoms with Crippen LogP contribution in [0, 0.1) is 0 Å². The number of rotatable bonds is 1. The Labute approximate surface area is 53.9 Å². The molecule has 0 bridgehead atoms. The summed E-state index contributed by atoms with van der Waals surface area (Å²) in [5.41, 5.74) is -1.84. The molecule has 0 atom stereocenters. The molecule has 54 valence electrons. The Morgan fingerprint density at radius 2 is 2.20 bits per heavy atom. The highest BCUT2D eigenvalue weighted by atomic mass is 19.1. The molecule has 0 aliphatic rings. The van der Waals surface area contributed by atoms with Gasteiger partial charge in [-0.3, -0.25) is 9.78 Å². The lowest BCUT2D eigenvalue weighted by molar-refractivity contribution is 0.466. The average molecular weight is 145 g/mol. The van der Waals surface area contributed by atoms with Crippen molar-refractivity contribution in [2.24, 2.45) is 0 Å². The van der Waals surface area contributed by atoms with Gasteiger partial charge in [0, 0.05) is 0 Å². The minimum absolute atomic E-state index is 0.320. The maximum atomic E-state index is 11.7. The molecule has 1 aromatic heterocycles. The van der Waals surface area contributed by atoms with Crippen LogP contribution in [0.5, 0.6) is 0 Å². The fourth-order valence-corrected chi connectivity index (χ4v) is 0.463. The second kappa shape index (κ2) is 2.42. The van der Waals surface area contributed by atoms with Crippen molar-refractivity contribution >= 4 is 0 Å². The summed E-state index contributed by atoms with van der Waals surface area (Å²) in [6, 6.07) is 0. The molecule has 0 aliphatic heterocycles. The molecule has 0 aromatic carbocycles. The summed E-state index contributed by atoms with van der Waals surface area (Å²) in [6.07, 6.45) is 0. The third-order valence-corrected chi connectivity index (χ3v) is 0.908. The molecular formula is C4H4FN3O2. The van der Waals surface area contributed by atoms with Gasteiger partial charge in [-0.2, -0.15) is 5.10 Å². The first-order chi connectivity index (χ1) is 4.74. The fraction of sp³-hybridized carbons (Fsp3) is 0.250. The predicted molar refractivity (Wildman–Crippen MR) is 30.3 cm³/mol. The lowest BCUT2D eigenvalue weighted by atomic mass is 10.5.